The number of likely N-dealkylation sites (tertiary alicyclic amines) is 1. The number of carbonyl (C=O) groups excluding carboxylic acids is 3. The minimum Gasteiger partial charge on any atom is -0.450 e. The molecule has 2 saturated heterocycles. The Morgan fingerprint density at radius 2 is 1.67 bits per heavy atom. The second-order valence-electron chi connectivity index (χ2n) is 6.59. The highest BCUT2D eigenvalue weighted by molar-refractivity contribution is 5.97. The van der Waals surface area contributed by atoms with E-state index in [1.54, 1.807) is 21.6 Å². The van der Waals surface area contributed by atoms with Crippen LogP contribution in [0.4, 0.5) is 4.79 Å². The van der Waals surface area contributed by atoms with Crippen LogP contribution in [0.5, 0.6) is 0 Å². The predicted octanol–water partition coefficient (Wildman–Crippen LogP) is 0.295. The van der Waals surface area contributed by atoms with E-state index < -0.39 is 0 Å². The van der Waals surface area contributed by atoms with Crippen LogP contribution in [-0.4, -0.2) is 84.5 Å². The second-order valence-corrected chi connectivity index (χ2v) is 6.59. The van der Waals surface area contributed by atoms with Gasteiger partial charge in [0.15, 0.2) is 0 Å². The number of piperazine rings is 1. The Labute approximate surface area is 159 Å². The molecule has 148 valence electrons. The highest BCUT2D eigenvalue weighted by Crippen LogP contribution is 2.12. The highest BCUT2D eigenvalue weighted by atomic mass is 16.6. The fourth-order valence-electron chi connectivity index (χ4n) is 3.18. The molecule has 2 heterocycles. The number of nitrogens with zero attached hydrogens (tertiary/aromatic N) is 4. The normalized spacial score (nSPS) is 18.7. The summed E-state index contributed by atoms with van der Waals surface area (Å²) in [6, 6.07) is 2.06. The van der Waals surface area contributed by atoms with E-state index in [4.69, 9.17) is 4.74 Å². The summed E-state index contributed by atoms with van der Waals surface area (Å²) in [7, 11) is 0. The van der Waals surface area contributed by atoms with E-state index in [0.717, 1.165) is 12.8 Å². The van der Waals surface area contributed by atoms with Crippen LogP contribution < -0.4 is 5.32 Å². The van der Waals surface area contributed by atoms with E-state index in [2.05, 4.69) is 5.32 Å². The quantitative estimate of drug-likeness (QED) is 0.558. The smallest absolute Gasteiger partial charge is 0.409 e. The van der Waals surface area contributed by atoms with Crippen molar-refractivity contribution in [2.45, 2.75) is 32.7 Å². The van der Waals surface area contributed by atoms with Gasteiger partial charge in [0.25, 0.3) is 5.91 Å². The van der Waals surface area contributed by atoms with Crippen LogP contribution in [0.15, 0.2) is 11.8 Å². The van der Waals surface area contributed by atoms with E-state index in [1.165, 1.54) is 13.1 Å². The van der Waals surface area contributed by atoms with Crippen molar-refractivity contribution < 1.29 is 19.1 Å². The number of rotatable bonds is 4. The number of hydrogen-bond donors (Lipinski definition) is 1. The summed E-state index contributed by atoms with van der Waals surface area (Å²) < 4.78 is 4.99. The van der Waals surface area contributed by atoms with Crippen molar-refractivity contribution in [3.8, 4) is 6.07 Å². The Kier molecular flexibility index (Phi) is 7.46. The number of carbonyl (C=O) groups is 3. The lowest BCUT2D eigenvalue weighted by molar-refractivity contribution is -0.136. The molecular formula is C18H27N5O4. The topological polar surface area (TPSA) is 106 Å². The third kappa shape index (κ3) is 5.61. The third-order valence-corrected chi connectivity index (χ3v) is 4.85. The zero-order valence-electron chi connectivity index (χ0n) is 15.9. The lowest BCUT2D eigenvalue weighted by Crippen LogP contribution is -2.50. The standard InChI is InChI=1S/C18H27N5O4/c1-3-27-18(26)23-6-4-16(5-7-23)20-13-15(12-19)17(25)22-10-8-21(9-11-22)14(2)24/h13,16,20H,3-11H2,1-2H3/b15-13-. The summed E-state index contributed by atoms with van der Waals surface area (Å²) in [6.45, 7) is 6.62. The summed E-state index contributed by atoms with van der Waals surface area (Å²) in [4.78, 5) is 40.5. The Morgan fingerprint density at radius 3 is 2.19 bits per heavy atom. The van der Waals surface area contributed by atoms with Crippen molar-refractivity contribution in [2.75, 3.05) is 45.9 Å². The van der Waals surface area contributed by atoms with Gasteiger partial charge in [-0.15, -0.1) is 0 Å². The molecule has 0 spiro atoms. The van der Waals surface area contributed by atoms with Crippen LogP contribution in [0, 0.1) is 11.3 Å². The van der Waals surface area contributed by atoms with Gasteiger partial charge in [0.05, 0.1) is 6.61 Å². The largest absolute Gasteiger partial charge is 0.450 e. The zero-order valence-corrected chi connectivity index (χ0v) is 15.9. The summed E-state index contributed by atoms with van der Waals surface area (Å²) in [5.74, 6) is -0.328. The second kappa shape index (κ2) is 9.80. The van der Waals surface area contributed by atoms with E-state index in [1.807, 2.05) is 6.07 Å². The van der Waals surface area contributed by atoms with Crippen LogP contribution in [0.25, 0.3) is 0 Å². The zero-order chi connectivity index (χ0) is 19.8. The van der Waals surface area contributed by atoms with Gasteiger partial charge in [-0.1, -0.05) is 0 Å². The molecule has 0 unspecified atom stereocenters. The molecule has 0 saturated carbocycles. The average molecular weight is 377 g/mol. The molecule has 2 rings (SSSR count). The molecule has 3 amide bonds. The molecule has 0 aliphatic carbocycles. The van der Waals surface area contributed by atoms with Crippen molar-refractivity contribution in [3.63, 3.8) is 0 Å². The van der Waals surface area contributed by atoms with Gasteiger partial charge < -0.3 is 24.8 Å². The number of ether oxygens (including phenoxy) is 1. The third-order valence-electron chi connectivity index (χ3n) is 4.85. The van der Waals surface area contributed by atoms with E-state index in [-0.39, 0.29) is 29.5 Å². The first-order chi connectivity index (χ1) is 13.0. The van der Waals surface area contributed by atoms with Gasteiger partial charge >= 0.3 is 6.09 Å². The number of amides is 3. The van der Waals surface area contributed by atoms with Crippen LogP contribution in [-0.2, 0) is 14.3 Å². The fraction of sp³-hybridized carbons (Fsp3) is 0.667. The first kappa shape index (κ1) is 20.6. The molecule has 0 aromatic rings. The van der Waals surface area contributed by atoms with E-state index in [9.17, 15) is 19.6 Å². The number of hydrogen-bond acceptors (Lipinski definition) is 6. The molecule has 0 aromatic heterocycles. The predicted molar refractivity (Wildman–Crippen MR) is 97.3 cm³/mol. The molecule has 2 aliphatic heterocycles. The Morgan fingerprint density at radius 1 is 1.07 bits per heavy atom. The van der Waals surface area contributed by atoms with Gasteiger partial charge in [0, 0.05) is 58.4 Å². The van der Waals surface area contributed by atoms with E-state index >= 15 is 0 Å². The number of piperidine rings is 1. The summed E-state index contributed by atoms with van der Waals surface area (Å²) in [5.41, 5.74) is 0.0547. The van der Waals surface area contributed by atoms with Crippen molar-refractivity contribution >= 4 is 17.9 Å². The molecule has 2 fully saturated rings. The van der Waals surface area contributed by atoms with Crippen molar-refractivity contribution in [1.82, 2.24) is 20.0 Å². The highest BCUT2D eigenvalue weighted by Gasteiger charge is 2.26. The minimum atomic E-state index is -0.322. The van der Waals surface area contributed by atoms with Gasteiger partial charge in [-0.25, -0.2) is 4.79 Å². The summed E-state index contributed by atoms with van der Waals surface area (Å²) in [6.07, 6.45) is 2.62. The van der Waals surface area contributed by atoms with Gasteiger partial charge in [-0.05, 0) is 19.8 Å². The summed E-state index contributed by atoms with van der Waals surface area (Å²) >= 11 is 0. The lowest BCUT2D eigenvalue weighted by Gasteiger charge is -2.34. The maximum absolute atomic E-state index is 12.5. The van der Waals surface area contributed by atoms with Gasteiger partial charge in [0.2, 0.25) is 5.91 Å². The molecule has 0 atom stereocenters. The summed E-state index contributed by atoms with van der Waals surface area (Å²) in [5, 5.41) is 12.5. The molecule has 27 heavy (non-hydrogen) atoms. The maximum atomic E-state index is 12.5. The first-order valence-electron chi connectivity index (χ1n) is 9.29. The average Bonchev–Trinajstić information content (AvgIpc) is 2.69. The number of nitriles is 1. The maximum Gasteiger partial charge on any atom is 0.409 e. The van der Waals surface area contributed by atoms with Gasteiger partial charge in [-0.2, -0.15) is 5.26 Å². The van der Waals surface area contributed by atoms with E-state index in [0.29, 0.717) is 45.9 Å². The first-order valence-corrected chi connectivity index (χ1v) is 9.29. The fourth-order valence-corrected chi connectivity index (χ4v) is 3.18. The van der Waals surface area contributed by atoms with Crippen molar-refractivity contribution in [1.29, 1.82) is 5.26 Å². The molecule has 9 nitrogen and oxygen atoms in total. The van der Waals surface area contributed by atoms with Crippen LogP contribution >= 0.6 is 0 Å². The minimum absolute atomic E-state index is 0.00558. The Bertz CT molecular complexity index is 626. The monoisotopic (exact) mass is 377 g/mol. The van der Waals surface area contributed by atoms with Crippen LogP contribution in [0.3, 0.4) is 0 Å². The SMILES string of the molecule is CCOC(=O)N1CCC(N/C=C(/C#N)C(=O)N2CCN(C(C)=O)CC2)CC1. The van der Waals surface area contributed by atoms with Crippen LogP contribution in [0.1, 0.15) is 26.7 Å². The molecule has 9 heteroatoms. The lowest BCUT2D eigenvalue weighted by atomic mass is 10.1. The molecule has 0 bridgehead atoms. The Balaban J connectivity index is 1.83. The Hall–Kier alpha value is -2.76. The molecule has 2 aliphatic rings. The molecule has 0 aromatic carbocycles. The van der Waals surface area contributed by atoms with Crippen LogP contribution in [0.2, 0.25) is 0 Å². The molecule has 1 N–H and O–H groups in total. The molecule has 0 radical (unpaired) electrons. The molecular weight excluding hydrogens is 350 g/mol. The number of nitrogens with one attached hydrogen (secondary N) is 1. The van der Waals surface area contributed by atoms with Crippen molar-refractivity contribution in [2.24, 2.45) is 0 Å². The van der Waals surface area contributed by atoms with Gasteiger partial charge in [-0.3, -0.25) is 9.59 Å². The van der Waals surface area contributed by atoms with Crippen molar-refractivity contribution in [3.05, 3.63) is 11.8 Å². The van der Waals surface area contributed by atoms with Gasteiger partial charge in [0.1, 0.15) is 11.6 Å².